The molecule has 29 heavy (non-hydrogen) atoms. The molecule has 1 fully saturated rings. The molecule has 0 saturated heterocycles. The lowest BCUT2D eigenvalue weighted by molar-refractivity contribution is -0.117. The van der Waals surface area contributed by atoms with E-state index in [1.165, 1.54) is 38.3 Å². The number of primary amides is 1. The zero-order valence-electron chi connectivity index (χ0n) is 17.1. The molecule has 2 aromatic heterocycles. The average Bonchev–Trinajstić information content (AvgIpc) is 3.48. The standard InChI is InChI=1S/C14H12N4O.C5H10.C3H7NO/c1-15-14(19)13-8-17-12(7-18-13)9-2-3-11-10(6-9)4-5-16-11;1-2-4-5-3-1;1-2-3(4)5/h2-8,16H,1H3,(H,15,19);1-5H2;2H2,1H3,(H2,4,5). The fraction of sp³-hybridized carbons (Fsp3) is 0.364. The smallest absolute Gasteiger partial charge is 0.271 e. The summed E-state index contributed by atoms with van der Waals surface area (Å²) in [5.41, 5.74) is 7.77. The summed E-state index contributed by atoms with van der Waals surface area (Å²) in [4.78, 5) is 32.5. The lowest BCUT2D eigenvalue weighted by Gasteiger charge is -2.02. The highest BCUT2D eigenvalue weighted by Crippen LogP contribution is 2.21. The molecule has 0 radical (unpaired) electrons. The maximum absolute atomic E-state index is 11.4. The Kier molecular flexibility index (Phi) is 8.82. The van der Waals surface area contributed by atoms with Crippen LogP contribution in [0.3, 0.4) is 0 Å². The number of aromatic amines is 1. The first kappa shape index (κ1) is 22.1. The van der Waals surface area contributed by atoms with Crippen molar-refractivity contribution in [3.8, 4) is 11.3 Å². The first-order chi connectivity index (χ1) is 14.0. The molecule has 0 bridgehead atoms. The van der Waals surface area contributed by atoms with E-state index in [1.54, 1.807) is 20.2 Å². The summed E-state index contributed by atoms with van der Waals surface area (Å²) in [6.45, 7) is 1.72. The molecule has 1 aromatic carbocycles. The first-order valence-electron chi connectivity index (χ1n) is 9.95. The second-order valence-electron chi connectivity index (χ2n) is 6.73. The van der Waals surface area contributed by atoms with Crippen LogP contribution < -0.4 is 11.1 Å². The lowest BCUT2D eigenvalue weighted by atomic mass is 10.1. The number of nitrogens with one attached hydrogen (secondary N) is 2. The molecule has 154 valence electrons. The number of nitrogens with zero attached hydrogens (tertiary/aromatic N) is 2. The highest BCUT2D eigenvalue weighted by molar-refractivity contribution is 5.92. The molecule has 7 nitrogen and oxygen atoms in total. The second kappa shape index (κ2) is 11.6. The largest absolute Gasteiger partial charge is 0.370 e. The zero-order chi connectivity index (χ0) is 21.1. The summed E-state index contributed by atoms with van der Waals surface area (Å²) in [5, 5.41) is 3.64. The van der Waals surface area contributed by atoms with Crippen LogP contribution in [-0.2, 0) is 4.79 Å². The molecule has 2 heterocycles. The normalized spacial score (nSPS) is 12.3. The number of fused-ring (bicyclic) bond motifs is 1. The molecular formula is C22H29N5O2. The zero-order valence-corrected chi connectivity index (χ0v) is 17.1. The Bertz CT molecular complexity index is 907. The summed E-state index contributed by atoms with van der Waals surface area (Å²) >= 11 is 0. The van der Waals surface area contributed by atoms with Crippen LogP contribution in [0, 0.1) is 0 Å². The minimum absolute atomic E-state index is 0.236. The van der Waals surface area contributed by atoms with E-state index >= 15 is 0 Å². The van der Waals surface area contributed by atoms with Crippen LogP contribution in [0.2, 0.25) is 0 Å². The van der Waals surface area contributed by atoms with Gasteiger partial charge < -0.3 is 16.0 Å². The number of hydrogen-bond acceptors (Lipinski definition) is 4. The highest BCUT2D eigenvalue weighted by Gasteiger charge is 2.07. The maximum Gasteiger partial charge on any atom is 0.271 e. The number of rotatable bonds is 3. The Hall–Kier alpha value is -3.22. The third kappa shape index (κ3) is 7.03. The summed E-state index contributed by atoms with van der Waals surface area (Å²) in [5.74, 6) is -0.481. The Morgan fingerprint density at radius 3 is 2.24 bits per heavy atom. The molecule has 3 aromatic rings. The van der Waals surface area contributed by atoms with Crippen molar-refractivity contribution in [3.05, 3.63) is 48.5 Å². The van der Waals surface area contributed by atoms with Crippen molar-refractivity contribution < 1.29 is 9.59 Å². The summed E-state index contributed by atoms with van der Waals surface area (Å²) < 4.78 is 0. The van der Waals surface area contributed by atoms with E-state index in [1.807, 2.05) is 30.5 Å². The van der Waals surface area contributed by atoms with Crippen LogP contribution >= 0.6 is 0 Å². The third-order valence-electron chi connectivity index (χ3n) is 4.56. The van der Waals surface area contributed by atoms with Gasteiger partial charge in [-0.15, -0.1) is 0 Å². The van der Waals surface area contributed by atoms with Crippen molar-refractivity contribution in [1.82, 2.24) is 20.3 Å². The highest BCUT2D eigenvalue weighted by atomic mass is 16.2. The van der Waals surface area contributed by atoms with Crippen LogP contribution in [0.15, 0.2) is 42.9 Å². The maximum atomic E-state index is 11.4. The van der Waals surface area contributed by atoms with E-state index in [0.717, 1.165) is 22.2 Å². The number of aromatic nitrogens is 3. The SMILES string of the molecule is C1CCCC1.CCC(N)=O.CNC(=O)c1cnc(-c2ccc3[nH]ccc3c2)cn1. The average molecular weight is 396 g/mol. The van der Waals surface area contributed by atoms with Gasteiger partial charge in [-0.2, -0.15) is 0 Å². The monoisotopic (exact) mass is 395 g/mol. The van der Waals surface area contributed by atoms with Gasteiger partial charge in [0, 0.05) is 36.1 Å². The van der Waals surface area contributed by atoms with Crippen LogP contribution in [0.25, 0.3) is 22.2 Å². The van der Waals surface area contributed by atoms with E-state index in [0.29, 0.717) is 12.1 Å². The van der Waals surface area contributed by atoms with Gasteiger partial charge in [0.25, 0.3) is 5.91 Å². The van der Waals surface area contributed by atoms with Gasteiger partial charge in [-0.3, -0.25) is 14.6 Å². The molecule has 1 aliphatic rings. The van der Waals surface area contributed by atoms with Crippen molar-refractivity contribution in [1.29, 1.82) is 0 Å². The number of carbonyl (C=O) groups is 2. The molecule has 4 rings (SSSR count). The van der Waals surface area contributed by atoms with E-state index in [2.05, 4.69) is 26.0 Å². The van der Waals surface area contributed by atoms with E-state index < -0.39 is 0 Å². The molecule has 7 heteroatoms. The fourth-order valence-electron chi connectivity index (χ4n) is 2.82. The number of amides is 2. The van der Waals surface area contributed by atoms with Gasteiger partial charge in [-0.05, 0) is 18.2 Å². The van der Waals surface area contributed by atoms with E-state index in [4.69, 9.17) is 0 Å². The van der Waals surface area contributed by atoms with Crippen molar-refractivity contribution in [3.63, 3.8) is 0 Å². The third-order valence-corrected chi connectivity index (χ3v) is 4.56. The summed E-state index contributed by atoms with van der Waals surface area (Å²) in [7, 11) is 1.57. The van der Waals surface area contributed by atoms with Gasteiger partial charge in [0.15, 0.2) is 0 Å². The number of carbonyl (C=O) groups excluding carboxylic acids is 2. The van der Waals surface area contributed by atoms with Gasteiger partial charge in [0.2, 0.25) is 5.91 Å². The molecule has 0 spiro atoms. The molecule has 2 amide bonds. The predicted molar refractivity (Wildman–Crippen MR) is 115 cm³/mol. The Morgan fingerprint density at radius 2 is 1.72 bits per heavy atom. The molecular weight excluding hydrogens is 366 g/mol. The summed E-state index contributed by atoms with van der Waals surface area (Å²) in [6, 6.07) is 8.02. The van der Waals surface area contributed by atoms with Crippen molar-refractivity contribution in [2.45, 2.75) is 45.4 Å². The molecule has 0 aliphatic heterocycles. The topological polar surface area (TPSA) is 114 Å². The Labute approximate surface area is 171 Å². The fourth-order valence-corrected chi connectivity index (χ4v) is 2.82. The van der Waals surface area contributed by atoms with Gasteiger partial charge >= 0.3 is 0 Å². The van der Waals surface area contributed by atoms with Crippen LogP contribution in [0.5, 0.6) is 0 Å². The van der Waals surface area contributed by atoms with Crippen molar-refractivity contribution in [2.24, 2.45) is 5.73 Å². The van der Waals surface area contributed by atoms with Gasteiger partial charge in [-0.25, -0.2) is 4.98 Å². The molecule has 0 unspecified atom stereocenters. The quantitative estimate of drug-likeness (QED) is 0.625. The van der Waals surface area contributed by atoms with E-state index in [-0.39, 0.29) is 11.8 Å². The predicted octanol–water partition coefficient (Wildman–Crippen LogP) is 3.82. The molecule has 4 N–H and O–H groups in total. The Morgan fingerprint density at radius 1 is 1.07 bits per heavy atom. The minimum Gasteiger partial charge on any atom is -0.370 e. The van der Waals surface area contributed by atoms with Gasteiger partial charge in [0.05, 0.1) is 18.1 Å². The minimum atomic E-state index is -0.245. The lowest BCUT2D eigenvalue weighted by Crippen LogP contribution is -2.19. The van der Waals surface area contributed by atoms with Crippen molar-refractivity contribution >= 4 is 22.7 Å². The number of hydrogen-bond donors (Lipinski definition) is 3. The number of nitrogens with two attached hydrogens (primary N) is 1. The molecule has 0 atom stereocenters. The number of benzene rings is 1. The van der Waals surface area contributed by atoms with Crippen LogP contribution in [-0.4, -0.2) is 33.8 Å². The van der Waals surface area contributed by atoms with Gasteiger partial charge in [-0.1, -0.05) is 45.1 Å². The van der Waals surface area contributed by atoms with E-state index in [9.17, 15) is 9.59 Å². The van der Waals surface area contributed by atoms with Gasteiger partial charge in [0.1, 0.15) is 5.69 Å². The number of H-pyrrole nitrogens is 1. The molecule has 1 saturated carbocycles. The first-order valence-corrected chi connectivity index (χ1v) is 9.95. The second-order valence-corrected chi connectivity index (χ2v) is 6.73. The van der Waals surface area contributed by atoms with Crippen LogP contribution in [0.1, 0.15) is 55.9 Å². The Balaban J connectivity index is 0.000000247. The molecule has 1 aliphatic carbocycles. The van der Waals surface area contributed by atoms with Crippen molar-refractivity contribution in [2.75, 3.05) is 7.05 Å². The summed E-state index contributed by atoms with van der Waals surface area (Å²) in [6.07, 6.45) is 12.9. The van der Waals surface area contributed by atoms with Crippen LogP contribution in [0.4, 0.5) is 0 Å².